The highest BCUT2D eigenvalue weighted by Crippen LogP contribution is 2.48. The number of carboxylic acids is 1. The van der Waals surface area contributed by atoms with Crippen LogP contribution in [0, 0.1) is 0 Å². The molecule has 2 aliphatic rings. The molecule has 4 rings (SSSR count). The van der Waals surface area contributed by atoms with Crippen molar-refractivity contribution in [2.24, 2.45) is 0 Å². The number of benzene rings is 3. The molecule has 4 nitrogen and oxygen atoms in total. The second-order valence-corrected chi connectivity index (χ2v) is 9.74. The molecule has 0 saturated carbocycles. The summed E-state index contributed by atoms with van der Waals surface area (Å²) in [5.74, 6) is -0.770. The lowest BCUT2D eigenvalue weighted by Crippen LogP contribution is -2.07. The molecule has 0 bridgehead atoms. The summed E-state index contributed by atoms with van der Waals surface area (Å²) in [6, 6.07) is 10.1. The van der Waals surface area contributed by atoms with Crippen LogP contribution in [0.4, 0.5) is 0 Å². The predicted octanol–water partition coefficient (Wildman–Crippen LogP) is 7.97. The Morgan fingerprint density at radius 1 is 0.966 bits per heavy atom. The largest absolute Gasteiger partial charge is 0.478 e. The van der Waals surface area contributed by atoms with Crippen molar-refractivity contribution in [2.45, 2.75) is 0 Å². The Hall–Kier alpha value is -1.19. The van der Waals surface area contributed by atoms with Crippen molar-refractivity contribution >= 4 is 92.3 Å². The maximum atomic E-state index is 12.5. The van der Waals surface area contributed by atoms with Crippen molar-refractivity contribution < 1.29 is 14.3 Å². The summed E-state index contributed by atoms with van der Waals surface area (Å²) in [7, 11) is 0. The van der Waals surface area contributed by atoms with Crippen LogP contribution >= 0.6 is 75.3 Å². The van der Waals surface area contributed by atoms with Crippen molar-refractivity contribution in [2.75, 3.05) is 0 Å². The van der Waals surface area contributed by atoms with Gasteiger partial charge in [-0.25, -0.2) is 4.79 Å². The fourth-order valence-electron chi connectivity index (χ4n) is 3.16. The first-order chi connectivity index (χ1) is 13.7. The van der Waals surface area contributed by atoms with Gasteiger partial charge in [0, 0.05) is 21.0 Å². The van der Waals surface area contributed by atoms with E-state index in [2.05, 4.69) is 63.7 Å². The highest BCUT2D eigenvalue weighted by atomic mass is 79.9. The van der Waals surface area contributed by atoms with Gasteiger partial charge in [0.05, 0.1) is 19.5 Å². The summed E-state index contributed by atoms with van der Waals surface area (Å²) in [6.45, 7) is 0. The van der Waals surface area contributed by atoms with E-state index in [1.54, 1.807) is 30.3 Å². The van der Waals surface area contributed by atoms with Crippen LogP contribution in [0.3, 0.4) is 0 Å². The Balaban J connectivity index is 2.34. The molecule has 1 aliphatic carbocycles. The number of carboxylic acid groups (broad SMARTS) is 1. The van der Waals surface area contributed by atoms with Crippen LogP contribution in [0.25, 0.3) is 33.4 Å². The number of rotatable bonds is 2. The zero-order chi connectivity index (χ0) is 21.0. The number of halogens is 5. The number of carbonyl (C=O) groups is 1. The number of hydrogen-bond donors (Lipinski definition) is 1. The van der Waals surface area contributed by atoms with E-state index in [1.807, 2.05) is 0 Å². The van der Waals surface area contributed by atoms with Crippen molar-refractivity contribution in [3.63, 3.8) is 0 Å². The molecule has 0 saturated heterocycles. The molecule has 0 spiro atoms. The fourth-order valence-corrected chi connectivity index (χ4v) is 5.70. The molecule has 29 heavy (non-hydrogen) atoms. The van der Waals surface area contributed by atoms with E-state index in [1.165, 1.54) is 6.07 Å². The highest BCUT2D eigenvalue weighted by molar-refractivity contribution is 9.11. The molecule has 0 aromatic heterocycles. The van der Waals surface area contributed by atoms with Crippen LogP contribution in [-0.2, 0) is 0 Å². The average Bonchev–Trinajstić information content (AvgIpc) is 2.69. The van der Waals surface area contributed by atoms with E-state index in [-0.39, 0.29) is 15.5 Å². The van der Waals surface area contributed by atoms with Gasteiger partial charge in [-0.05, 0) is 87.5 Å². The van der Waals surface area contributed by atoms with Crippen LogP contribution in [0.15, 0.2) is 63.5 Å². The Bertz CT molecular complexity index is 1360. The first-order valence-electron chi connectivity index (χ1n) is 7.97. The number of aromatic carboxylic acids is 1. The van der Waals surface area contributed by atoms with Gasteiger partial charge in [-0.15, -0.1) is 0 Å². The SMILES string of the molecule is O=C(O)c1ccccc1-c1c2cc(Br)c(=O)c(Br)c-2oc2c(Br)c(Cl)c(Br)cc12. The summed E-state index contributed by atoms with van der Waals surface area (Å²) in [6.07, 6.45) is 0. The fraction of sp³-hybridized carbons (Fsp3) is 0. The summed E-state index contributed by atoms with van der Waals surface area (Å²) >= 11 is 19.9. The van der Waals surface area contributed by atoms with Gasteiger partial charge in [0.25, 0.3) is 0 Å². The Morgan fingerprint density at radius 3 is 2.34 bits per heavy atom. The number of hydrogen-bond acceptors (Lipinski definition) is 3. The van der Waals surface area contributed by atoms with Gasteiger partial charge in [-0.3, -0.25) is 4.79 Å². The summed E-state index contributed by atoms with van der Waals surface area (Å²) < 4.78 is 7.73. The molecular formula is C20H7Br4ClO4. The van der Waals surface area contributed by atoms with E-state index in [9.17, 15) is 14.7 Å². The van der Waals surface area contributed by atoms with Crippen LogP contribution in [-0.4, -0.2) is 11.1 Å². The van der Waals surface area contributed by atoms with Gasteiger partial charge in [-0.1, -0.05) is 29.8 Å². The van der Waals surface area contributed by atoms with Crippen molar-refractivity contribution in [1.82, 2.24) is 0 Å². The summed E-state index contributed by atoms with van der Waals surface area (Å²) in [5, 5.41) is 10.8. The van der Waals surface area contributed by atoms with Gasteiger partial charge in [0.15, 0.2) is 11.3 Å². The Kier molecular flexibility index (Phi) is 5.67. The zero-order valence-electron chi connectivity index (χ0n) is 14.0. The normalized spacial score (nSPS) is 11.3. The Morgan fingerprint density at radius 2 is 1.66 bits per heavy atom. The minimum absolute atomic E-state index is 0.127. The zero-order valence-corrected chi connectivity index (χ0v) is 21.1. The molecular weight excluding hydrogens is 659 g/mol. The molecule has 2 aromatic carbocycles. The van der Waals surface area contributed by atoms with Crippen LogP contribution in [0.2, 0.25) is 5.02 Å². The first kappa shape index (κ1) is 21.1. The summed E-state index contributed by atoms with van der Waals surface area (Å²) in [4.78, 5) is 24.4. The van der Waals surface area contributed by atoms with Crippen LogP contribution in [0.5, 0.6) is 0 Å². The molecule has 0 unspecified atom stereocenters. The second kappa shape index (κ2) is 7.81. The molecule has 146 valence electrons. The maximum Gasteiger partial charge on any atom is 0.336 e. The lowest BCUT2D eigenvalue weighted by molar-refractivity contribution is 0.0697. The van der Waals surface area contributed by atoms with Crippen LogP contribution < -0.4 is 5.43 Å². The maximum absolute atomic E-state index is 12.5. The minimum Gasteiger partial charge on any atom is -0.478 e. The molecule has 0 atom stereocenters. The van der Waals surface area contributed by atoms with E-state index in [4.69, 9.17) is 16.0 Å². The molecule has 0 radical (unpaired) electrons. The van der Waals surface area contributed by atoms with Crippen molar-refractivity contribution in [1.29, 1.82) is 0 Å². The van der Waals surface area contributed by atoms with Gasteiger partial charge in [0.2, 0.25) is 5.43 Å². The number of fused-ring (bicyclic) bond motifs is 2. The molecule has 1 N–H and O–H groups in total. The van der Waals surface area contributed by atoms with Gasteiger partial charge < -0.3 is 9.52 Å². The predicted molar refractivity (Wildman–Crippen MR) is 127 cm³/mol. The minimum atomic E-state index is -1.06. The third-order valence-electron chi connectivity index (χ3n) is 4.42. The van der Waals surface area contributed by atoms with E-state index in [0.29, 0.717) is 51.9 Å². The summed E-state index contributed by atoms with van der Waals surface area (Å²) in [5.41, 5.74) is 1.91. The quantitative estimate of drug-likeness (QED) is 0.174. The lowest BCUT2D eigenvalue weighted by atomic mass is 9.91. The molecule has 0 amide bonds. The standard InChI is InChI=1S/C20H7Br4ClO4/c21-11-5-9-13(7-3-1-2-4-8(7)20(27)28)10-6-12(22)17(26)15(24)19(10)29-18(9)14(23)16(11)25/h1-6H,(H,27,28). The van der Waals surface area contributed by atoms with Crippen molar-refractivity contribution in [3.05, 3.63) is 75.1 Å². The second-order valence-electron chi connectivity index (χ2n) is 6.07. The topological polar surface area (TPSA) is 67.5 Å². The molecule has 1 aliphatic heterocycles. The first-order valence-corrected chi connectivity index (χ1v) is 11.5. The highest BCUT2D eigenvalue weighted by Gasteiger charge is 2.27. The van der Waals surface area contributed by atoms with Gasteiger partial charge in [-0.2, -0.15) is 0 Å². The lowest BCUT2D eigenvalue weighted by Gasteiger charge is -2.19. The van der Waals surface area contributed by atoms with Crippen molar-refractivity contribution in [3.8, 4) is 22.5 Å². The molecule has 0 fully saturated rings. The van der Waals surface area contributed by atoms with Gasteiger partial charge in [0.1, 0.15) is 4.47 Å². The third kappa shape index (κ3) is 3.39. The smallest absolute Gasteiger partial charge is 0.336 e. The third-order valence-corrected chi connectivity index (χ3v) is 7.96. The van der Waals surface area contributed by atoms with Crippen LogP contribution in [0.1, 0.15) is 10.4 Å². The monoisotopic (exact) mass is 662 g/mol. The Labute approximate surface area is 202 Å². The van der Waals surface area contributed by atoms with E-state index < -0.39 is 5.97 Å². The van der Waals surface area contributed by atoms with E-state index in [0.717, 1.165) is 0 Å². The van der Waals surface area contributed by atoms with Gasteiger partial charge >= 0.3 is 5.97 Å². The molecule has 2 aromatic rings. The molecule has 1 heterocycles. The average molecular weight is 666 g/mol. The molecule has 9 heteroatoms. The van der Waals surface area contributed by atoms with E-state index >= 15 is 0 Å².